The van der Waals surface area contributed by atoms with Crippen LogP contribution in [0.25, 0.3) is 37.9 Å². The normalized spacial score (nSPS) is 14.1. The highest BCUT2D eigenvalue weighted by molar-refractivity contribution is 7.19. The molecule has 12 rings (SSSR count). The Morgan fingerprint density at radius 2 is 1.11 bits per heavy atom. The Labute approximate surface area is 394 Å². The van der Waals surface area contributed by atoms with Gasteiger partial charge in [-0.15, -0.1) is 11.3 Å². The summed E-state index contributed by atoms with van der Waals surface area (Å²) in [6.07, 6.45) is 4.64. The number of hydrogen-bond donors (Lipinski definition) is 0. The number of anilines is 6. The van der Waals surface area contributed by atoms with Gasteiger partial charge in [-0.1, -0.05) is 175 Å². The minimum absolute atomic E-state index is 0.0234. The van der Waals surface area contributed by atoms with Crippen molar-refractivity contribution in [2.24, 2.45) is 0 Å². The van der Waals surface area contributed by atoms with Gasteiger partial charge in [0.15, 0.2) is 0 Å². The standard InChI is InChI=1S/C62H53BN2S/c1-61(2,3)44-31-36-53-51(38-44)63-50-34-30-45(62(4,5)6)39-56(50)65(52-35-29-43(40-17-9-7-10-18-40)37-49(52)41-19-11-8-12-20-41)55-24-16-23-54(60(55)63)64(53)46-32-27-42(28-33-46)47-22-15-26-58-59(47)48-21-13-14-25-57(48)66-58/h7-14,16-25,27-39H,15,26H2,1-6H3. The molecule has 0 amide bonds. The van der Waals surface area contributed by atoms with Gasteiger partial charge in [0.25, 0.3) is 6.71 Å². The molecule has 0 bridgehead atoms. The van der Waals surface area contributed by atoms with Crippen LogP contribution in [0, 0.1) is 0 Å². The van der Waals surface area contributed by atoms with Crippen LogP contribution in [0.4, 0.5) is 34.1 Å². The fourth-order valence-electron chi connectivity index (χ4n) is 10.9. The summed E-state index contributed by atoms with van der Waals surface area (Å²) in [5, 5.41) is 1.37. The van der Waals surface area contributed by atoms with Gasteiger partial charge in [-0.3, -0.25) is 0 Å². The number of allylic oxidation sites excluding steroid dienone is 1. The van der Waals surface area contributed by atoms with Crippen LogP contribution in [-0.4, -0.2) is 6.71 Å². The van der Waals surface area contributed by atoms with Crippen LogP contribution in [0.15, 0.2) is 188 Å². The largest absolute Gasteiger partial charge is 0.311 e. The van der Waals surface area contributed by atoms with Crippen molar-refractivity contribution in [2.75, 3.05) is 9.80 Å². The molecule has 0 spiro atoms. The van der Waals surface area contributed by atoms with E-state index >= 15 is 0 Å². The minimum Gasteiger partial charge on any atom is -0.311 e. The smallest absolute Gasteiger partial charge is 0.252 e. The molecule has 0 saturated heterocycles. The molecule has 2 aliphatic heterocycles. The Balaban J connectivity index is 1.09. The Morgan fingerprint density at radius 1 is 0.470 bits per heavy atom. The van der Waals surface area contributed by atoms with E-state index in [4.69, 9.17) is 0 Å². The number of fused-ring (bicyclic) bond motifs is 7. The average Bonchev–Trinajstić information content (AvgIpc) is 3.73. The molecule has 9 aromatic rings. The van der Waals surface area contributed by atoms with E-state index in [1.165, 1.54) is 116 Å². The van der Waals surface area contributed by atoms with E-state index in [-0.39, 0.29) is 17.5 Å². The van der Waals surface area contributed by atoms with Crippen LogP contribution < -0.4 is 26.2 Å². The maximum absolute atomic E-state index is 2.59. The molecular weight excluding hydrogens is 816 g/mol. The zero-order valence-corrected chi connectivity index (χ0v) is 39.5. The lowest BCUT2D eigenvalue weighted by atomic mass is 9.33. The van der Waals surface area contributed by atoms with E-state index in [0.717, 1.165) is 12.8 Å². The summed E-state index contributed by atoms with van der Waals surface area (Å²) in [5.74, 6) is 0. The van der Waals surface area contributed by atoms with Gasteiger partial charge in [-0.05, 0) is 134 Å². The van der Waals surface area contributed by atoms with Crippen LogP contribution in [0.1, 0.15) is 75.1 Å². The van der Waals surface area contributed by atoms with E-state index in [1.807, 2.05) is 11.3 Å². The van der Waals surface area contributed by atoms with Gasteiger partial charge in [-0.2, -0.15) is 0 Å². The first-order valence-electron chi connectivity index (χ1n) is 23.6. The quantitative estimate of drug-likeness (QED) is 0.159. The van der Waals surface area contributed by atoms with Gasteiger partial charge < -0.3 is 9.80 Å². The van der Waals surface area contributed by atoms with Gasteiger partial charge in [-0.25, -0.2) is 0 Å². The van der Waals surface area contributed by atoms with Gasteiger partial charge in [0, 0.05) is 54.5 Å². The summed E-state index contributed by atoms with van der Waals surface area (Å²) in [7, 11) is 0. The highest BCUT2D eigenvalue weighted by Crippen LogP contribution is 2.49. The molecule has 3 aliphatic rings. The summed E-state index contributed by atoms with van der Waals surface area (Å²) in [4.78, 5) is 6.64. The molecule has 0 fully saturated rings. The number of rotatable bonds is 5. The third-order valence-electron chi connectivity index (χ3n) is 14.2. The van der Waals surface area contributed by atoms with E-state index in [0.29, 0.717) is 0 Å². The second-order valence-electron chi connectivity index (χ2n) is 20.4. The van der Waals surface area contributed by atoms with Crippen molar-refractivity contribution in [3.05, 3.63) is 215 Å². The monoisotopic (exact) mass is 868 g/mol. The molecule has 2 nitrogen and oxygen atoms in total. The highest BCUT2D eigenvalue weighted by atomic mass is 32.1. The van der Waals surface area contributed by atoms with Crippen molar-refractivity contribution >= 4 is 84.2 Å². The van der Waals surface area contributed by atoms with E-state index in [9.17, 15) is 0 Å². The lowest BCUT2D eigenvalue weighted by Gasteiger charge is -2.45. The summed E-state index contributed by atoms with van der Waals surface area (Å²) in [6, 6.07) is 68.8. The van der Waals surface area contributed by atoms with Gasteiger partial charge >= 0.3 is 0 Å². The molecule has 0 saturated carbocycles. The number of benzene rings is 8. The Kier molecular flexibility index (Phi) is 9.45. The summed E-state index contributed by atoms with van der Waals surface area (Å²) in [5.41, 5.74) is 22.8. The zero-order valence-electron chi connectivity index (χ0n) is 38.7. The van der Waals surface area contributed by atoms with Crippen LogP contribution in [0.5, 0.6) is 0 Å². The summed E-state index contributed by atoms with van der Waals surface area (Å²) < 4.78 is 1.38. The molecular formula is C62H53BN2S. The number of thiophene rings is 1. The number of aryl methyl sites for hydroxylation is 1. The first-order chi connectivity index (χ1) is 32.0. The van der Waals surface area contributed by atoms with Crippen molar-refractivity contribution < 1.29 is 0 Å². The van der Waals surface area contributed by atoms with Gasteiger partial charge in [0.2, 0.25) is 0 Å². The summed E-state index contributed by atoms with van der Waals surface area (Å²) in [6.45, 7) is 14.0. The van der Waals surface area contributed by atoms with Crippen molar-refractivity contribution in [2.45, 2.75) is 65.2 Å². The molecule has 1 aromatic heterocycles. The topological polar surface area (TPSA) is 6.48 Å². The van der Waals surface area contributed by atoms with Crippen LogP contribution in [-0.2, 0) is 17.3 Å². The lowest BCUT2D eigenvalue weighted by molar-refractivity contribution is 0.590. The molecule has 0 N–H and O–H groups in total. The van der Waals surface area contributed by atoms with Crippen LogP contribution in [0.3, 0.4) is 0 Å². The Morgan fingerprint density at radius 3 is 1.85 bits per heavy atom. The van der Waals surface area contributed by atoms with E-state index in [2.05, 4.69) is 239 Å². The minimum atomic E-state index is -0.0408. The Bertz CT molecular complexity index is 3380. The first-order valence-corrected chi connectivity index (χ1v) is 24.4. The molecule has 3 heterocycles. The second-order valence-corrected chi connectivity index (χ2v) is 21.6. The van der Waals surface area contributed by atoms with Crippen LogP contribution in [0.2, 0.25) is 0 Å². The number of hydrogen-bond acceptors (Lipinski definition) is 3. The third kappa shape index (κ3) is 6.60. The predicted octanol–water partition coefficient (Wildman–Crippen LogP) is 15.3. The maximum atomic E-state index is 2.59. The van der Waals surface area contributed by atoms with Gasteiger partial charge in [0.05, 0.1) is 5.69 Å². The number of nitrogens with zero attached hydrogens (tertiary/aromatic N) is 2. The molecule has 0 radical (unpaired) electrons. The van der Waals surface area contributed by atoms with Gasteiger partial charge in [0.1, 0.15) is 0 Å². The van der Waals surface area contributed by atoms with E-state index < -0.39 is 0 Å². The Hall–Kier alpha value is -6.88. The fraction of sp³-hybridized carbons (Fsp3) is 0.161. The van der Waals surface area contributed by atoms with Crippen molar-refractivity contribution in [3.63, 3.8) is 0 Å². The predicted molar refractivity (Wildman–Crippen MR) is 286 cm³/mol. The highest BCUT2D eigenvalue weighted by Gasteiger charge is 2.44. The third-order valence-corrected chi connectivity index (χ3v) is 15.5. The summed E-state index contributed by atoms with van der Waals surface area (Å²) >= 11 is 1.96. The molecule has 0 unspecified atom stereocenters. The average molecular weight is 869 g/mol. The fourth-order valence-corrected chi connectivity index (χ4v) is 12.1. The van der Waals surface area contributed by atoms with Crippen molar-refractivity contribution in [3.8, 4) is 22.3 Å². The molecule has 320 valence electrons. The van der Waals surface area contributed by atoms with Crippen LogP contribution >= 0.6 is 11.3 Å². The van der Waals surface area contributed by atoms with Crippen molar-refractivity contribution in [1.29, 1.82) is 0 Å². The lowest BCUT2D eigenvalue weighted by Crippen LogP contribution is -2.61. The van der Waals surface area contributed by atoms with Crippen molar-refractivity contribution in [1.82, 2.24) is 0 Å². The molecule has 4 heteroatoms. The molecule has 66 heavy (non-hydrogen) atoms. The second kappa shape index (κ2) is 15.4. The maximum Gasteiger partial charge on any atom is 0.252 e. The first kappa shape index (κ1) is 40.6. The molecule has 8 aromatic carbocycles. The SMILES string of the molecule is CC(C)(C)c1ccc2c(c1)B1c3ccc(C(C)(C)C)cc3N(c3ccc(-c4ccccc4)cc3-c3ccccc3)c3cccc(c31)N2c1ccc(C2=CCCc3sc4ccccc4c32)cc1. The molecule has 1 aliphatic carbocycles. The van der Waals surface area contributed by atoms with E-state index in [1.54, 1.807) is 0 Å². The molecule has 0 atom stereocenters. The zero-order chi connectivity index (χ0) is 44.9.